The molecule has 0 heterocycles. The van der Waals surface area contributed by atoms with Gasteiger partial charge in [0.2, 0.25) is 0 Å². The number of halogens is 1. The zero-order valence-corrected chi connectivity index (χ0v) is 12.0. The topological polar surface area (TPSA) is 26.0 Å². The highest BCUT2D eigenvalue weighted by Crippen LogP contribution is 2.51. The van der Waals surface area contributed by atoms with Crippen molar-refractivity contribution in [3.05, 3.63) is 28.7 Å². The van der Waals surface area contributed by atoms with E-state index in [0.29, 0.717) is 4.75 Å². The summed E-state index contributed by atoms with van der Waals surface area (Å²) in [5.41, 5.74) is 5.93. The summed E-state index contributed by atoms with van der Waals surface area (Å²) >= 11 is 5.42. The van der Waals surface area contributed by atoms with E-state index in [1.807, 2.05) is 11.8 Å². The van der Waals surface area contributed by atoms with Gasteiger partial charge in [-0.3, -0.25) is 0 Å². The first-order valence-electron chi connectivity index (χ1n) is 5.82. The highest BCUT2D eigenvalue weighted by atomic mass is 79.9. The maximum atomic E-state index is 5.93. The molecule has 1 aromatic carbocycles. The minimum Gasteiger partial charge on any atom is -0.329 e. The van der Waals surface area contributed by atoms with Gasteiger partial charge >= 0.3 is 0 Å². The number of benzene rings is 1. The van der Waals surface area contributed by atoms with E-state index in [1.165, 1.54) is 24.2 Å². The van der Waals surface area contributed by atoms with Crippen LogP contribution in [0.2, 0.25) is 0 Å². The van der Waals surface area contributed by atoms with Gasteiger partial charge in [0.05, 0.1) is 0 Å². The van der Waals surface area contributed by atoms with Gasteiger partial charge in [0.1, 0.15) is 0 Å². The second kappa shape index (κ2) is 5.11. The van der Waals surface area contributed by atoms with Crippen LogP contribution < -0.4 is 5.73 Å². The Balaban J connectivity index is 2.00. The second-order valence-corrected chi connectivity index (χ2v) is 7.08. The zero-order valence-electron chi connectivity index (χ0n) is 9.58. The van der Waals surface area contributed by atoms with Crippen LogP contribution in [0.25, 0.3) is 0 Å². The fourth-order valence-corrected chi connectivity index (χ4v) is 4.08. The lowest BCUT2D eigenvalue weighted by molar-refractivity contribution is 0.229. The molecule has 0 bridgehead atoms. The molecule has 1 aromatic rings. The van der Waals surface area contributed by atoms with Crippen molar-refractivity contribution in [2.75, 3.05) is 6.54 Å². The second-order valence-electron chi connectivity index (χ2n) is 4.63. The van der Waals surface area contributed by atoms with Crippen LogP contribution in [-0.4, -0.2) is 11.3 Å². The Kier molecular flexibility index (Phi) is 3.98. The summed E-state index contributed by atoms with van der Waals surface area (Å²) in [5, 5.41) is 0. The van der Waals surface area contributed by atoms with Crippen molar-refractivity contribution in [3.8, 4) is 0 Å². The van der Waals surface area contributed by atoms with Crippen molar-refractivity contribution in [1.29, 1.82) is 0 Å². The minimum atomic E-state index is 0.314. The summed E-state index contributed by atoms with van der Waals surface area (Å²) < 4.78 is 1.45. The predicted molar refractivity (Wildman–Crippen MR) is 74.8 cm³/mol. The fraction of sp³-hybridized carbons (Fsp3) is 0.538. The van der Waals surface area contributed by atoms with Crippen molar-refractivity contribution in [3.63, 3.8) is 0 Å². The third-order valence-corrected chi connectivity index (χ3v) is 5.39. The van der Waals surface area contributed by atoms with E-state index in [9.17, 15) is 0 Å². The SMILES string of the molecule is CCC1CC(CN)(Sc2ccc(Br)cc2)C1. The van der Waals surface area contributed by atoms with Crippen LogP contribution in [0.5, 0.6) is 0 Å². The smallest absolute Gasteiger partial charge is 0.0334 e. The molecule has 1 nitrogen and oxygen atoms in total. The van der Waals surface area contributed by atoms with Gasteiger partial charge in [-0.05, 0) is 43.0 Å². The van der Waals surface area contributed by atoms with Crippen molar-refractivity contribution in [1.82, 2.24) is 0 Å². The van der Waals surface area contributed by atoms with Crippen LogP contribution >= 0.6 is 27.7 Å². The molecule has 88 valence electrons. The van der Waals surface area contributed by atoms with Crippen molar-refractivity contribution in [2.24, 2.45) is 11.7 Å². The van der Waals surface area contributed by atoms with Crippen LogP contribution in [0.4, 0.5) is 0 Å². The Labute approximate surface area is 110 Å². The standard InChI is InChI=1S/C13H18BrNS/c1-2-10-7-13(8-10,9-15)16-12-5-3-11(14)4-6-12/h3-6,10H,2,7-9,15H2,1H3. The summed E-state index contributed by atoms with van der Waals surface area (Å²) in [6, 6.07) is 8.54. The lowest BCUT2D eigenvalue weighted by atomic mass is 9.73. The first kappa shape index (κ1) is 12.5. The van der Waals surface area contributed by atoms with Crippen molar-refractivity contribution >= 4 is 27.7 Å². The Hall–Kier alpha value is 0.01000. The maximum absolute atomic E-state index is 5.93. The van der Waals surface area contributed by atoms with Gasteiger partial charge in [0.25, 0.3) is 0 Å². The third-order valence-electron chi connectivity index (χ3n) is 3.42. The van der Waals surface area contributed by atoms with E-state index in [1.54, 1.807) is 0 Å². The summed E-state index contributed by atoms with van der Waals surface area (Å²) in [7, 11) is 0. The molecule has 0 atom stereocenters. The minimum absolute atomic E-state index is 0.314. The molecular weight excluding hydrogens is 282 g/mol. The Morgan fingerprint density at radius 3 is 2.50 bits per heavy atom. The normalized spacial score (nSPS) is 28.8. The van der Waals surface area contributed by atoms with Gasteiger partial charge in [0.15, 0.2) is 0 Å². The average molecular weight is 300 g/mol. The van der Waals surface area contributed by atoms with Crippen molar-refractivity contribution < 1.29 is 0 Å². The van der Waals surface area contributed by atoms with Crippen LogP contribution in [0, 0.1) is 5.92 Å². The summed E-state index contributed by atoms with van der Waals surface area (Å²) in [6.07, 6.45) is 3.85. The Morgan fingerprint density at radius 2 is 2.00 bits per heavy atom. The molecule has 2 rings (SSSR count). The van der Waals surface area contributed by atoms with E-state index in [0.717, 1.165) is 16.9 Å². The highest BCUT2D eigenvalue weighted by Gasteiger charge is 2.42. The molecule has 1 aliphatic carbocycles. The largest absolute Gasteiger partial charge is 0.329 e. The zero-order chi connectivity index (χ0) is 11.6. The van der Waals surface area contributed by atoms with E-state index < -0.39 is 0 Å². The number of hydrogen-bond acceptors (Lipinski definition) is 2. The molecule has 16 heavy (non-hydrogen) atoms. The molecule has 0 aromatic heterocycles. The van der Waals surface area contributed by atoms with Crippen molar-refractivity contribution in [2.45, 2.75) is 35.8 Å². The van der Waals surface area contributed by atoms with Gasteiger partial charge in [0, 0.05) is 20.7 Å². The molecule has 1 aliphatic rings. The Morgan fingerprint density at radius 1 is 1.38 bits per heavy atom. The molecule has 0 aliphatic heterocycles. The predicted octanol–water partition coefficient (Wildman–Crippen LogP) is 4.06. The summed E-state index contributed by atoms with van der Waals surface area (Å²) in [4.78, 5) is 1.34. The quantitative estimate of drug-likeness (QED) is 0.907. The summed E-state index contributed by atoms with van der Waals surface area (Å²) in [5.74, 6) is 0.895. The maximum Gasteiger partial charge on any atom is 0.0334 e. The molecule has 3 heteroatoms. The van der Waals surface area contributed by atoms with E-state index in [-0.39, 0.29) is 0 Å². The lowest BCUT2D eigenvalue weighted by Gasteiger charge is -2.46. The highest BCUT2D eigenvalue weighted by molar-refractivity contribution is 9.10. The van der Waals surface area contributed by atoms with Crippen LogP contribution in [0.15, 0.2) is 33.6 Å². The lowest BCUT2D eigenvalue weighted by Crippen LogP contribution is -2.46. The van der Waals surface area contributed by atoms with Gasteiger partial charge in [-0.15, -0.1) is 11.8 Å². The van der Waals surface area contributed by atoms with Crippen LogP contribution in [0.3, 0.4) is 0 Å². The van der Waals surface area contributed by atoms with Gasteiger partial charge < -0.3 is 5.73 Å². The monoisotopic (exact) mass is 299 g/mol. The molecule has 2 N–H and O–H groups in total. The first-order chi connectivity index (χ1) is 7.67. The molecule has 1 saturated carbocycles. The van der Waals surface area contributed by atoms with Gasteiger partial charge in [-0.1, -0.05) is 29.3 Å². The third kappa shape index (κ3) is 2.63. The van der Waals surface area contributed by atoms with E-state index in [4.69, 9.17) is 5.73 Å². The molecule has 1 fully saturated rings. The molecular formula is C13H18BrNS. The first-order valence-corrected chi connectivity index (χ1v) is 7.43. The fourth-order valence-electron chi connectivity index (χ4n) is 2.33. The summed E-state index contributed by atoms with van der Waals surface area (Å²) in [6.45, 7) is 3.07. The van der Waals surface area contributed by atoms with Gasteiger partial charge in [-0.25, -0.2) is 0 Å². The molecule has 0 radical (unpaired) electrons. The van der Waals surface area contributed by atoms with E-state index >= 15 is 0 Å². The van der Waals surface area contributed by atoms with E-state index in [2.05, 4.69) is 47.1 Å². The number of thioether (sulfide) groups is 1. The van der Waals surface area contributed by atoms with Gasteiger partial charge in [-0.2, -0.15) is 0 Å². The molecule has 0 saturated heterocycles. The number of rotatable bonds is 4. The molecule has 0 spiro atoms. The number of nitrogens with two attached hydrogens (primary N) is 1. The molecule has 0 amide bonds. The van der Waals surface area contributed by atoms with Crippen LogP contribution in [-0.2, 0) is 0 Å². The number of hydrogen-bond donors (Lipinski definition) is 1. The van der Waals surface area contributed by atoms with Crippen LogP contribution in [0.1, 0.15) is 26.2 Å². The molecule has 0 unspecified atom stereocenters. The Bertz CT molecular complexity index is 343. The average Bonchev–Trinajstić information content (AvgIpc) is 2.26.